The van der Waals surface area contributed by atoms with Gasteiger partial charge in [0.25, 0.3) is 0 Å². The first-order chi connectivity index (χ1) is 8.24. The van der Waals surface area contributed by atoms with Gasteiger partial charge in [-0.05, 0) is 37.2 Å². The van der Waals surface area contributed by atoms with E-state index in [0.29, 0.717) is 11.0 Å². The number of halogens is 1. The molecule has 1 aromatic carbocycles. The van der Waals surface area contributed by atoms with Gasteiger partial charge in [-0.3, -0.25) is 4.79 Å². The molecule has 1 atom stereocenters. The van der Waals surface area contributed by atoms with Crippen molar-refractivity contribution in [3.63, 3.8) is 0 Å². The molecule has 0 bridgehead atoms. The number of thioether (sulfide) groups is 1. The van der Waals surface area contributed by atoms with E-state index >= 15 is 0 Å². The van der Waals surface area contributed by atoms with Crippen LogP contribution in [-0.4, -0.2) is 30.0 Å². The lowest BCUT2D eigenvalue weighted by Gasteiger charge is -2.08. The second kappa shape index (κ2) is 6.42. The second-order valence-electron chi connectivity index (χ2n) is 3.98. The molecule has 1 aliphatic heterocycles. The van der Waals surface area contributed by atoms with E-state index in [9.17, 15) is 4.79 Å². The molecular formula is C12H15BrN2OS. The van der Waals surface area contributed by atoms with E-state index in [-0.39, 0.29) is 5.91 Å². The average molecular weight is 315 g/mol. The SMILES string of the molecule is O=C(CSC1CCNC1)Nc1ccc(Br)cc1. The highest BCUT2D eigenvalue weighted by molar-refractivity contribution is 9.10. The van der Waals surface area contributed by atoms with Crippen molar-refractivity contribution in [2.45, 2.75) is 11.7 Å². The molecular weight excluding hydrogens is 300 g/mol. The minimum atomic E-state index is 0.0734. The number of rotatable bonds is 4. The third-order valence-corrected chi connectivity index (χ3v) is 4.42. The van der Waals surface area contributed by atoms with Crippen molar-refractivity contribution in [3.05, 3.63) is 28.7 Å². The van der Waals surface area contributed by atoms with Crippen LogP contribution in [0.25, 0.3) is 0 Å². The first-order valence-electron chi connectivity index (χ1n) is 5.62. The summed E-state index contributed by atoms with van der Waals surface area (Å²) in [5.41, 5.74) is 0.850. The molecule has 3 nitrogen and oxygen atoms in total. The standard InChI is InChI=1S/C12H15BrN2OS/c13-9-1-3-10(4-2-9)15-12(16)8-17-11-5-6-14-7-11/h1-4,11,14H,5-8H2,(H,15,16). The Morgan fingerprint density at radius 2 is 2.24 bits per heavy atom. The Kier molecular flexibility index (Phi) is 4.88. The third kappa shape index (κ3) is 4.33. The van der Waals surface area contributed by atoms with Gasteiger partial charge in [0.1, 0.15) is 0 Å². The van der Waals surface area contributed by atoms with Crippen molar-refractivity contribution in [1.82, 2.24) is 5.32 Å². The van der Waals surface area contributed by atoms with E-state index in [1.54, 1.807) is 11.8 Å². The highest BCUT2D eigenvalue weighted by Gasteiger charge is 2.16. The first kappa shape index (κ1) is 12.9. The Balaban J connectivity index is 1.74. The molecule has 0 saturated carbocycles. The van der Waals surface area contributed by atoms with Crippen LogP contribution in [0.1, 0.15) is 6.42 Å². The summed E-state index contributed by atoms with van der Waals surface area (Å²) in [5, 5.41) is 6.77. The number of amides is 1. The van der Waals surface area contributed by atoms with Crippen LogP contribution in [0.15, 0.2) is 28.7 Å². The number of hydrogen-bond donors (Lipinski definition) is 2. The monoisotopic (exact) mass is 314 g/mol. The zero-order chi connectivity index (χ0) is 12.1. The Bertz CT molecular complexity index is 377. The molecule has 5 heteroatoms. The molecule has 1 aliphatic rings. The first-order valence-corrected chi connectivity index (χ1v) is 7.46. The third-order valence-electron chi connectivity index (χ3n) is 2.59. The maximum absolute atomic E-state index is 11.7. The van der Waals surface area contributed by atoms with E-state index in [4.69, 9.17) is 0 Å². The summed E-state index contributed by atoms with van der Waals surface area (Å²) in [6.45, 7) is 2.10. The zero-order valence-corrected chi connectivity index (χ0v) is 11.8. The van der Waals surface area contributed by atoms with Crippen LogP contribution in [-0.2, 0) is 4.79 Å². The Morgan fingerprint density at radius 1 is 1.47 bits per heavy atom. The maximum Gasteiger partial charge on any atom is 0.234 e. The molecule has 0 radical (unpaired) electrons. The minimum Gasteiger partial charge on any atom is -0.325 e. The Hall–Kier alpha value is -0.520. The summed E-state index contributed by atoms with van der Waals surface area (Å²) in [7, 11) is 0. The van der Waals surface area contributed by atoms with Gasteiger partial charge in [0.2, 0.25) is 5.91 Å². The predicted molar refractivity (Wildman–Crippen MR) is 76.5 cm³/mol. The topological polar surface area (TPSA) is 41.1 Å². The molecule has 0 aliphatic carbocycles. The largest absolute Gasteiger partial charge is 0.325 e. The molecule has 2 rings (SSSR count). The zero-order valence-electron chi connectivity index (χ0n) is 9.41. The quantitative estimate of drug-likeness (QED) is 0.897. The maximum atomic E-state index is 11.7. The number of carbonyl (C=O) groups excluding carboxylic acids is 1. The number of nitrogens with one attached hydrogen (secondary N) is 2. The van der Waals surface area contributed by atoms with Crippen LogP contribution < -0.4 is 10.6 Å². The van der Waals surface area contributed by atoms with E-state index in [2.05, 4.69) is 26.6 Å². The number of carbonyl (C=O) groups is 1. The number of anilines is 1. The molecule has 17 heavy (non-hydrogen) atoms. The van der Waals surface area contributed by atoms with Crippen molar-refractivity contribution in [3.8, 4) is 0 Å². The van der Waals surface area contributed by atoms with Gasteiger partial charge in [-0.25, -0.2) is 0 Å². The van der Waals surface area contributed by atoms with Gasteiger partial charge in [0, 0.05) is 22.0 Å². The number of benzene rings is 1. The lowest BCUT2D eigenvalue weighted by molar-refractivity contribution is -0.113. The van der Waals surface area contributed by atoms with Crippen LogP contribution in [0.3, 0.4) is 0 Å². The lowest BCUT2D eigenvalue weighted by atomic mass is 10.3. The summed E-state index contributed by atoms with van der Waals surface area (Å²) in [5.74, 6) is 0.604. The summed E-state index contributed by atoms with van der Waals surface area (Å²) in [6.07, 6.45) is 1.16. The van der Waals surface area contributed by atoms with Crippen molar-refractivity contribution in [2.75, 3.05) is 24.2 Å². The molecule has 0 spiro atoms. The van der Waals surface area contributed by atoms with Crippen LogP contribution in [0.4, 0.5) is 5.69 Å². The van der Waals surface area contributed by atoms with E-state index in [1.165, 1.54) is 0 Å². The highest BCUT2D eigenvalue weighted by atomic mass is 79.9. The van der Waals surface area contributed by atoms with Crippen LogP contribution in [0.5, 0.6) is 0 Å². The lowest BCUT2D eigenvalue weighted by Crippen LogP contribution is -2.17. The van der Waals surface area contributed by atoms with Crippen LogP contribution in [0, 0.1) is 0 Å². The van der Waals surface area contributed by atoms with Crippen molar-refractivity contribution in [2.24, 2.45) is 0 Å². The van der Waals surface area contributed by atoms with Crippen LogP contribution in [0.2, 0.25) is 0 Å². The normalized spacial score (nSPS) is 19.2. The molecule has 2 N–H and O–H groups in total. The second-order valence-corrected chi connectivity index (χ2v) is 6.19. The van der Waals surface area contributed by atoms with Crippen molar-refractivity contribution < 1.29 is 4.79 Å². The summed E-state index contributed by atoms with van der Waals surface area (Å²) in [6, 6.07) is 7.63. The molecule has 1 heterocycles. The van der Waals surface area contributed by atoms with Crippen molar-refractivity contribution in [1.29, 1.82) is 0 Å². The van der Waals surface area contributed by atoms with E-state index in [1.807, 2.05) is 24.3 Å². The van der Waals surface area contributed by atoms with Gasteiger partial charge in [-0.1, -0.05) is 15.9 Å². The Morgan fingerprint density at radius 3 is 2.88 bits per heavy atom. The molecule has 1 saturated heterocycles. The molecule has 1 amide bonds. The molecule has 1 fully saturated rings. The van der Waals surface area contributed by atoms with Gasteiger partial charge < -0.3 is 10.6 Å². The van der Waals surface area contributed by atoms with Crippen molar-refractivity contribution >= 4 is 39.3 Å². The fourth-order valence-corrected chi connectivity index (χ4v) is 2.94. The van der Waals surface area contributed by atoms with Gasteiger partial charge in [0.05, 0.1) is 5.75 Å². The minimum absolute atomic E-state index is 0.0734. The average Bonchev–Trinajstić information content (AvgIpc) is 2.83. The number of hydrogen-bond acceptors (Lipinski definition) is 3. The summed E-state index contributed by atoms with van der Waals surface area (Å²) < 4.78 is 1.02. The predicted octanol–water partition coefficient (Wildman–Crippen LogP) is 2.48. The highest BCUT2D eigenvalue weighted by Crippen LogP contribution is 2.18. The molecule has 92 valence electrons. The van der Waals surface area contributed by atoms with Gasteiger partial charge >= 0.3 is 0 Å². The van der Waals surface area contributed by atoms with Crippen LogP contribution >= 0.6 is 27.7 Å². The molecule has 1 aromatic rings. The summed E-state index contributed by atoms with van der Waals surface area (Å²) in [4.78, 5) is 11.7. The smallest absolute Gasteiger partial charge is 0.234 e. The Labute approximate surface area is 114 Å². The van der Waals surface area contributed by atoms with E-state index in [0.717, 1.165) is 29.7 Å². The van der Waals surface area contributed by atoms with Gasteiger partial charge in [-0.2, -0.15) is 0 Å². The fourth-order valence-electron chi connectivity index (χ4n) is 1.69. The molecule has 0 aromatic heterocycles. The summed E-state index contributed by atoms with van der Waals surface area (Å²) >= 11 is 5.09. The van der Waals surface area contributed by atoms with Gasteiger partial charge in [-0.15, -0.1) is 11.8 Å². The fraction of sp³-hybridized carbons (Fsp3) is 0.417. The van der Waals surface area contributed by atoms with Gasteiger partial charge in [0.15, 0.2) is 0 Å². The molecule has 1 unspecified atom stereocenters. The van der Waals surface area contributed by atoms with E-state index < -0.39 is 0 Å².